The molecule has 2 aromatic rings. The van der Waals surface area contributed by atoms with Crippen molar-refractivity contribution in [2.75, 3.05) is 12.4 Å². The van der Waals surface area contributed by atoms with Crippen LogP contribution in [0.1, 0.15) is 5.56 Å². The molecule has 0 unspecified atom stereocenters. The number of aromatic hydroxyl groups is 1. The van der Waals surface area contributed by atoms with Gasteiger partial charge in [0.05, 0.1) is 13.5 Å². The predicted octanol–water partition coefficient (Wildman–Crippen LogP) is 2.66. The van der Waals surface area contributed by atoms with E-state index < -0.39 is 0 Å². The van der Waals surface area contributed by atoms with Crippen LogP contribution >= 0.6 is 0 Å². The Morgan fingerprint density at radius 3 is 2.71 bits per heavy atom. The summed E-state index contributed by atoms with van der Waals surface area (Å²) >= 11 is 0. The molecule has 2 aromatic carbocycles. The zero-order valence-corrected chi connectivity index (χ0v) is 13.2. The second-order valence-electron chi connectivity index (χ2n) is 4.99. The number of hydrogen-bond donors (Lipinski definition) is 4. The second kappa shape index (κ2) is 8.38. The number of rotatable bonds is 6. The number of nitrogens with one attached hydrogen (secondary N) is 3. The molecule has 0 saturated heterocycles. The third-order valence-corrected chi connectivity index (χ3v) is 3.16. The number of phenols is 1. The summed E-state index contributed by atoms with van der Waals surface area (Å²) in [6.07, 6.45) is 3.13. The third kappa shape index (κ3) is 5.17. The van der Waals surface area contributed by atoms with Crippen molar-refractivity contribution in [3.63, 3.8) is 0 Å². The molecular weight excluding hydrogens is 306 g/mol. The molecule has 0 radical (unpaired) electrons. The Balaban J connectivity index is 1.84. The zero-order valence-electron chi connectivity index (χ0n) is 13.2. The van der Waals surface area contributed by atoms with Gasteiger partial charge < -0.3 is 20.5 Å². The molecule has 0 saturated carbocycles. The number of amidine groups is 1. The highest BCUT2D eigenvalue weighted by Crippen LogP contribution is 2.26. The predicted molar refractivity (Wildman–Crippen MR) is 93.4 cm³/mol. The first kappa shape index (κ1) is 17.1. The average Bonchev–Trinajstić information content (AvgIpc) is 2.57. The van der Waals surface area contributed by atoms with E-state index in [2.05, 4.69) is 10.6 Å². The molecular formula is C18H19N3O3. The monoisotopic (exact) mass is 325 g/mol. The highest BCUT2D eigenvalue weighted by molar-refractivity contribution is 6.03. The van der Waals surface area contributed by atoms with Crippen LogP contribution in [0.4, 0.5) is 5.69 Å². The molecule has 0 aliphatic carbocycles. The minimum atomic E-state index is -0.322. The Morgan fingerprint density at radius 1 is 1.25 bits per heavy atom. The molecule has 0 aliphatic rings. The SMILES string of the molecule is COc1cc(CC(=O)NC(=N)/C=C\Nc2ccccc2)ccc1O. The standard InChI is InChI=1S/C18H19N3O3/c1-24-16-11-13(7-8-15(16)22)12-18(23)21-17(19)9-10-20-14-5-3-2-4-6-14/h2-11,20,22H,12H2,1H3,(H2,19,21,23)/b10-9-. The van der Waals surface area contributed by atoms with E-state index in [9.17, 15) is 9.90 Å². The van der Waals surface area contributed by atoms with Gasteiger partial charge in [-0.25, -0.2) is 0 Å². The molecule has 0 fully saturated rings. The summed E-state index contributed by atoms with van der Waals surface area (Å²) in [6.45, 7) is 0. The number of carbonyl (C=O) groups excluding carboxylic acids is 1. The summed E-state index contributed by atoms with van der Waals surface area (Å²) in [7, 11) is 1.44. The molecule has 0 atom stereocenters. The van der Waals surface area contributed by atoms with Crippen molar-refractivity contribution in [1.29, 1.82) is 5.41 Å². The number of amides is 1. The molecule has 24 heavy (non-hydrogen) atoms. The molecule has 0 aliphatic heterocycles. The van der Waals surface area contributed by atoms with Gasteiger partial charge in [0.15, 0.2) is 11.5 Å². The Hall–Kier alpha value is -3.28. The maximum absolute atomic E-state index is 11.9. The molecule has 6 nitrogen and oxygen atoms in total. The molecule has 4 N–H and O–H groups in total. The lowest BCUT2D eigenvalue weighted by Crippen LogP contribution is -2.29. The minimum absolute atomic E-state index is 0.0179. The van der Waals surface area contributed by atoms with E-state index in [-0.39, 0.29) is 23.9 Å². The van der Waals surface area contributed by atoms with Crippen molar-refractivity contribution < 1.29 is 14.6 Å². The molecule has 0 bridgehead atoms. The van der Waals surface area contributed by atoms with E-state index >= 15 is 0 Å². The summed E-state index contributed by atoms with van der Waals surface area (Å²) in [5.41, 5.74) is 1.57. The maximum atomic E-state index is 11.9. The Labute approximate surface area is 140 Å². The number of benzene rings is 2. The number of ether oxygens (including phenoxy) is 1. The van der Waals surface area contributed by atoms with Crippen LogP contribution in [0.15, 0.2) is 60.8 Å². The van der Waals surface area contributed by atoms with E-state index in [1.807, 2.05) is 30.3 Å². The van der Waals surface area contributed by atoms with Crippen molar-refractivity contribution in [3.8, 4) is 11.5 Å². The van der Waals surface area contributed by atoms with Gasteiger partial charge in [-0.2, -0.15) is 0 Å². The van der Waals surface area contributed by atoms with Crippen LogP contribution < -0.4 is 15.4 Å². The van der Waals surface area contributed by atoms with Crippen LogP contribution in [0.25, 0.3) is 0 Å². The molecule has 6 heteroatoms. The number of methoxy groups -OCH3 is 1. The molecule has 0 aromatic heterocycles. The topological polar surface area (TPSA) is 94.4 Å². The van der Waals surface area contributed by atoms with Gasteiger partial charge in [-0.3, -0.25) is 10.2 Å². The van der Waals surface area contributed by atoms with Crippen molar-refractivity contribution >= 4 is 17.4 Å². The maximum Gasteiger partial charge on any atom is 0.229 e. The van der Waals surface area contributed by atoms with Gasteiger partial charge in [0.25, 0.3) is 0 Å². The summed E-state index contributed by atoms with van der Waals surface area (Å²) < 4.78 is 5.00. The number of phenolic OH excluding ortho intramolecular Hbond substituents is 1. The summed E-state index contributed by atoms with van der Waals surface area (Å²) in [5, 5.41) is 22.8. The van der Waals surface area contributed by atoms with Gasteiger partial charge in [0, 0.05) is 11.9 Å². The van der Waals surface area contributed by atoms with Crippen LogP contribution in [-0.4, -0.2) is 24.0 Å². The fraction of sp³-hybridized carbons (Fsp3) is 0.111. The van der Waals surface area contributed by atoms with Crippen molar-refractivity contribution in [2.45, 2.75) is 6.42 Å². The number of carbonyl (C=O) groups is 1. The molecule has 0 spiro atoms. The summed E-state index contributed by atoms with van der Waals surface area (Å²) in [6, 6.07) is 14.2. The lowest BCUT2D eigenvalue weighted by molar-refractivity contribution is -0.119. The first-order valence-corrected chi connectivity index (χ1v) is 7.31. The normalized spacial score (nSPS) is 10.4. The molecule has 1 amide bonds. The highest BCUT2D eigenvalue weighted by Gasteiger charge is 2.08. The summed E-state index contributed by atoms with van der Waals surface area (Å²) in [4.78, 5) is 11.9. The highest BCUT2D eigenvalue weighted by atomic mass is 16.5. The van der Waals surface area contributed by atoms with Gasteiger partial charge in [-0.1, -0.05) is 24.3 Å². The fourth-order valence-electron chi connectivity index (χ4n) is 2.01. The molecule has 0 heterocycles. The number of hydrogen-bond acceptors (Lipinski definition) is 5. The van der Waals surface area contributed by atoms with E-state index in [1.165, 1.54) is 19.3 Å². The third-order valence-electron chi connectivity index (χ3n) is 3.16. The van der Waals surface area contributed by atoms with Crippen LogP contribution in [0.5, 0.6) is 11.5 Å². The van der Waals surface area contributed by atoms with E-state index in [0.29, 0.717) is 11.3 Å². The van der Waals surface area contributed by atoms with Crippen molar-refractivity contribution in [2.24, 2.45) is 0 Å². The van der Waals surface area contributed by atoms with Crippen LogP contribution in [0.2, 0.25) is 0 Å². The molecule has 2 rings (SSSR count). The lowest BCUT2D eigenvalue weighted by atomic mass is 10.1. The smallest absolute Gasteiger partial charge is 0.229 e. The van der Waals surface area contributed by atoms with Crippen LogP contribution in [0, 0.1) is 5.41 Å². The van der Waals surface area contributed by atoms with E-state index in [0.717, 1.165) is 5.69 Å². The average molecular weight is 325 g/mol. The molecule has 124 valence electrons. The first-order valence-electron chi connectivity index (χ1n) is 7.31. The van der Waals surface area contributed by atoms with Gasteiger partial charge in [0.2, 0.25) is 5.91 Å². The minimum Gasteiger partial charge on any atom is -0.504 e. The zero-order chi connectivity index (χ0) is 17.4. The second-order valence-corrected chi connectivity index (χ2v) is 4.99. The number of para-hydroxylation sites is 1. The lowest BCUT2D eigenvalue weighted by Gasteiger charge is -2.07. The van der Waals surface area contributed by atoms with Crippen LogP contribution in [-0.2, 0) is 11.2 Å². The largest absolute Gasteiger partial charge is 0.504 e. The Morgan fingerprint density at radius 2 is 2.00 bits per heavy atom. The van der Waals surface area contributed by atoms with Gasteiger partial charge in [-0.05, 0) is 35.9 Å². The summed E-state index contributed by atoms with van der Waals surface area (Å²) in [5.74, 6) is -0.0158. The number of anilines is 1. The Bertz CT molecular complexity index is 742. The van der Waals surface area contributed by atoms with Gasteiger partial charge in [-0.15, -0.1) is 0 Å². The van der Waals surface area contributed by atoms with E-state index in [4.69, 9.17) is 10.1 Å². The van der Waals surface area contributed by atoms with Crippen molar-refractivity contribution in [1.82, 2.24) is 5.32 Å². The fourth-order valence-corrected chi connectivity index (χ4v) is 2.01. The van der Waals surface area contributed by atoms with Gasteiger partial charge in [0.1, 0.15) is 5.84 Å². The Kier molecular flexibility index (Phi) is 5.96. The van der Waals surface area contributed by atoms with E-state index in [1.54, 1.807) is 18.3 Å². The first-order chi connectivity index (χ1) is 11.6. The van der Waals surface area contributed by atoms with Gasteiger partial charge >= 0.3 is 0 Å². The quantitative estimate of drug-likeness (QED) is 0.485. The van der Waals surface area contributed by atoms with Crippen molar-refractivity contribution in [3.05, 3.63) is 66.4 Å². The van der Waals surface area contributed by atoms with Crippen LogP contribution in [0.3, 0.4) is 0 Å².